The number of anilines is 1. The number of carbonyl (C=O) groups excluding carboxylic acids is 1. The van der Waals surface area contributed by atoms with Gasteiger partial charge in [0.15, 0.2) is 0 Å². The summed E-state index contributed by atoms with van der Waals surface area (Å²) in [5.74, 6) is 0.798. The highest BCUT2D eigenvalue weighted by Crippen LogP contribution is 2.14. The molecule has 0 atom stereocenters. The molecule has 1 aromatic rings. The lowest BCUT2D eigenvalue weighted by Crippen LogP contribution is -2.40. The van der Waals surface area contributed by atoms with Gasteiger partial charge in [-0.05, 0) is 24.3 Å². The summed E-state index contributed by atoms with van der Waals surface area (Å²) in [4.78, 5) is 14.2. The molecule has 0 aliphatic carbocycles. The Morgan fingerprint density at radius 3 is 2.64 bits per heavy atom. The Morgan fingerprint density at radius 1 is 1.23 bits per heavy atom. The fourth-order valence-electron chi connectivity index (χ4n) is 2.29. The number of carbonyl (C=O) groups is 1. The van der Waals surface area contributed by atoms with Gasteiger partial charge in [0.2, 0.25) is 5.91 Å². The Kier molecular flexibility index (Phi) is 7.15. The summed E-state index contributed by atoms with van der Waals surface area (Å²) in [6, 6.07) is 7.33. The molecule has 1 aliphatic heterocycles. The predicted molar refractivity (Wildman–Crippen MR) is 86.4 cm³/mol. The monoisotopic (exact) mass is 307 g/mol. The van der Waals surface area contributed by atoms with Gasteiger partial charge >= 0.3 is 0 Å². The summed E-state index contributed by atoms with van der Waals surface area (Å²) < 4.78 is 10.4. The maximum Gasteiger partial charge on any atom is 0.225 e. The van der Waals surface area contributed by atoms with Gasteiger partial charge in [0.25, 0.3) is 0 Å². The quantitative estimate of drug-likeness (QED) is 0.700. The molecule has 1 saturated heterocycles. The van der Waals surface area contributed by atoms with E-state index in [0.717, 1.165) is 50.8 Å². The number of nitrogens with zero attached hydrogens (tertiary/aromatic N) is 1. The van der Waals surface area contributed by atoms with E-state index in [1.165, 1.54) is 0 Å². The molecule has 122 valence electrons. The third-order valence-electron chi connectivity index (χ3n) is 3.61. The van der Waals surface area contributed by atoms with Gasteiger partial charge in [-0.25, -0.2) is 0 Å². The van der Waals surface area contributed by atoms with Crippen LogP contribution in [0, 0.1) is 0 Å². The lowest BCUT2D eigenvalue weighted by molar-refractivity contribution is -0.116. The Labute approximate surface area is 131 Å². The van der Waals surface area contributed by atoms with Crippen LogP contribution in [-0.4, -0.2) is 63.9 Å². The highest BCUT2D eigenvalue weighted by molar-refractivity contribution is 5.90. The smallest absolute Gasteiger partial charge is 0.225 e. The van der Waals surface area contributed by atoms with Gasteiger partial charge in [0, 0.05) is 44.8 Å². The summed E-state index contributed by atoms with van der Waals surface area (Å²) in [6.07, 6.45) is 0.467. The topological polar surface area (TPSA) is 62.8 Å². The van der Waals surface area contributed by atoms with E-state index in [9.17, 15) is 4.79 Å². The number of morpholine rings is 1. The van der Waals surface area contributed by atoms with Crippen LogP contribution in [0.2, 0.25) is 0 Å². The van der Waals surface area contributed by atoms with Gasteiger partial charge in [-0.15, -0.1) is 0 Å². The van der Waals surface area contributed by atoms with Crippen LogP contribution in [0.3, 0.4) is 0 Å². The van der Waals surface area contributed by atoms with E-state index in [-0.39, 0.29) is 5.91 Å². The van der Waals surface area contributed by atoms with Crippen LogP contribution in [-0.2, 0) is 9.53 Å². The van der Waals surface area contributed by atoms with E-state index >= 15 is 0 Å². The Balaban J connectivity index is 1.55. The lowest BCUT2D eigenvalue weighted by Gasteiger charge is -2.26. The number of amides is 1. The number of nitrogens with one attached hydrogen (secondary N) is 2. The average molecular weight is 307 g/mol. The van der Waals surface area contributed by atoms with Crippen LogP contribution >= 0.6 is 0 Å². The van der Waals surface area contributed by atoms with Crippen molar-refractivity contribution >= 4 is 11.6 Å². The summed E-state index contributed by atoms with van der Waals surface area (Å²) in [5.41, 5.74) is 0.791. The minimum absolute atomic E-state index is 0.0176. The molecule has 0 aromatic heterocycles. The van der Waals surface area contributed by atoms with E-state index in [1.54, 1.807) is 7.11 Å². The number of rotatable bonds is 8. The summed E-state index contributed by atoms with van der Waals surface area (Å²) in [7, 11) is 1.62. The number of hydrogen-bond acceptors (Lipinski definition) is 5. The number of hydrogen-bond donors (Lipinski definition) is 2. The molecular formula is C16H25N3O3. The zero-order valence-electron chi connectivity index (χ0n) is 13.1. The molecule has 2 N–H and O–H groups in total. The van der Waals surface area contributed by atoms with Gasteiger partial charge < -0.3 is 20.1 Å². The maximum absolute atomic E-state index is 11.8. The fraction of sp³-hybridized carbons (Fsp3) is 0.562. The lowest BCUT2D eigenvalue weighted by atomic mass is 10.3. The Bertz CT molecular complexity index is 444. The Morgan fingerprint density at radius 2 is 1.95 bits per heavy atom. The first-order valence-electron chi connectivity index (χ1n) is 7.72. The zero-order chi connectivity index (χ0) is 15.6. The van der Waals surface area contributed by atoms with Gasteiger partial charge in [-0.3, -0.25) is 9.69 Å². The molecule has 0 bridgehead atoms. The number of methoxy groups -OCH3 is 1. The molecule has 0 saturated carbocycles. The second-order valence-corrected chi connectivity index (χ2v) is 5.23. The SMILES string of the molecule is COc1ccc(NC(=O)CCNCCN2CCOCC2)cc1. The van der Waals surface area contributed by atoms with Crippen LogP contribution in [0.15, 0.2) is 24.3 Å². The van der Waals surface area contributed by atoms with E-state index < -0.39 is 0 Å². The van der Waals surface area contributed by atoms with Crippen molar-refractivity contribution in [3.63, 3.8) is 0 Å². The number of ether oxygens (including phenoxy) is 2. The van der Waals surface area contributed by atoms with Crippen molar-refractivity contribution < 1.29 is 14.3 Å². The van der Waals surface area contributed by atoms with Crippen molar-refractivity contribution in [3.8, 4) is 5.75 Å². The molecule has 1 aliphatic rings. The van der Waals surface area contributed by atoms with Crippen molar-refractivity contribution in [1.29, 1.82) is 0 Å². The molecule has 0 spiro atoms. The van der Waals surface area contributed by atoms with Gasteiger partial charge in [-0.1, -0.05) is 0 Å². The van der Waals surface area contributed by atoms with E-state index in [1.807, 2.05) is 24.3 Å². The minimum Gasteiger partial charge on any atom is -0.497 e. The average Bonchev–Trinajstić information content (AvgIpc) is 2.56. The summed E-state index contributed by atoms with van der Waals surface area (Å²) >= 11 is 0. The normalized spacial score (nSPS) is 15.5. The van der Waals surface area contributed by atoms with Crippen molar-refractivity contribution in [2.75, 3.05) is 58.4 Å². The molecule has 22 heavy (non-hydrogen) atoms. The fourth-order valence-corrected chi connectivity index (χ4v) is 2.29. The molecule has 0 radical (unpaired) electrons. The van der Waals surface area contributed by atoms with Crippen molar-refractivity contribution in [1.82, 2.24) is 10.2 Å². The number of benzene rings is 1. The van der Waals surface area contributed by atoms with Crippen LogP contribution in [0.5, 0.6) is 5.75 Å². The minimum atomic E-state index is 0.0176. The van der Waals surface area contributed by atoms with Gasteiger partial charge in [0.05, 0.1) is 20.3 Å². The van der Waals surface area contributed by atoms with Crippen LogP contribution in [0.4, 0.5) is 5.69 Å². The second-order valence-electron chi connectivity index (χ2n) is 5.23. The highest BCUT2D eigenvalue weighted by Gasteiger charge is 2.09. The van der Waals surface area contributed by atoms with E-state index in [2.05, 4.69) is 15.5 Å². The Hall–Kier alpha value is -1.63. The molecular weight excluding hydrogens is 282 g/mol. The van der Waals surface area contributed by atoms with E-state index in [4.69, 9.17) is 9.47 Å². The molecule has 2 rings (SSSR count). The molecule has 6 heteroatoms. The molecule has 1 heterocycles. The van der Waals surface area contributed by atoms with Crippen molar-refractivity contribution in [2.45, 2.75) is 6.42 Å². The molecule has 0 unspecified atom stereocenters. The first kappa shape index (κ1) is 16.7. The predicted octanol–water partition coefficient (Wildman–Crippen LogP) is 0.946. The van der Waals surface area contributed by atoms with Gasteiger partial charge in [0.1, 0.15) is 5.75 Å². The first-order chi connectivity index (χ1) is 10.8. The zero-order valence-corrected chi connectivity index (χ0v) is 13.1. The highest BCUT2D eigenvalue weighted by atomic mass is 16.5. The van der Waals surface area contributed by atoms with Crippen molar-refractivity contribution in [3.05, 3.63) is 24.3 Å². The standard InChI is InChI=1S/C16H25N3O3/c1-21-15-4-2-14(3-5-15)18-16(20)6-7-17-8-9-19-10-12-22-13-11-19/h2-5,17H,6-13H2,1H3,(H,18,20). The van der Waals surface area contributed by atoms with E-state index in [0.29, 0.717) is 13.0 Å². The molecule has 1 aromatic carbocycles. The third kappa shape index (κ3) is 6.01. The summed E-state index contributed by atoms with van der Waals surface area (Å²) in [6.45, 7) is 6.24. The summed E-state index contributed by atoms with van der Waals surface area (Å²) in [5, 5.41) is 6.18. The largest absolute Gasteiger partial charge is 0.497 e. The van der Waals surface area contributed by atoms with Crippen LogP contribution in [0.1, 0.15) is 6.42 Å². The third-order valence-corrected chi connectivity index (χ3v) is 3.61. The van der Waals surface area contributed by atoms with Crippen LogP contribution < -0.4 is 15.4 Å². The molecule has 6 nitrogen and oxygen atoms in total. The van der Waals surface area contributed by atoms with Crippen LogP contribution in [0.25, 0.3) is 0 Å². The second kappa shape index (κ2) is 9.40. The maximum atomic E-state index is 11.8. The van der Waals surface area contributed by atoms with Gasteiger partial charge in [-0.2, -0.15) is 0 Å². The molecule has 1 amide bonds. The molecule has 1 fully saturated rings. The van der Waals surface area contributed by atoms with Crippen molar-refractivity contribution in [2.24, 2.45) is 0 Å². The first-order valence-corrected chi connectivity index (χ1v) is 7.72.